The Morgan fingerprint density at radius 1 is 1.20 bits per heavy atom. The van der Waals surface area contributed by atoms with E-state index in [1.54, 1.807) is 6.92 Å². The van der Waals surface area contributed by atoms with E-state index < -0.39 is 9.84 Å². The van der Waals surface area contributed by atoms with Crippen molar-refractivity contribution in [2.45, 2.75) is 51.8 Å². The van der Waals surface area contributed by atoms with Crippen LogP contribution in [0.3, 0.4) is 0 Å². The molecule has 0 bridgehead atoms. The van der Waals surface area contributed by atoms with Gasteiger partial charge >= 0.3 is 0 Å². The second-order valence-corrected chi connectivity index (χ2v) is 8.07. The summed E-state index contributed by atoms with van der Waals surface area (Å²) in [6.45, 7) is 8.91. The van der Waals surface area contributed by atoms with Gasteiger partial charge in [0.25, 0.3) is 0 Å². The van der Waals surface area contributed by atoms with Gasteiger partial charge in [-0.15, -0.1) is 0 Å². The molecule has 20 heavy (non-hydrogen) atoms. The zero-order chi connectivity index (χ0) is 15.3. The van der Waals surface area contributed by atoms with Gasteiger partial charge < -0.3 is 5.32 Å². The number of rotatable bonds is 7. The molecule has 2 atom stereocenters. The molecule has 0 spiro atoms. The highest BCUT2D eigenvalue weighted by molar-refractivity contribution is 7.91. The summed E-state index contributed by atoms with van der Waals surface area (Å²) < 4.78 is 23.7. The third-order valence-electron chi connectivity index (χ3n) is 3.97. The minimum absolute atomic E-state index is 0.0373. The first kappa shape index (κ1) is 17.2. The summed E-state index contributed by atoms with van der Waals surface area (Å²) in [5.74, 6) is 0. The number of hydrogen-bond acceptors (Lipinski definition) is 3. The minimum Gasteiger partial charge on any atom is -0.312 e. The quantitative estimate of drug-likeness (QED) is 0.841. The van der Waals surface area contributed by atoms with E-state index in [1.165, 1.54) is 22.9 Å². The van der Waals surface area contributed by atoms with E-state index in [1.807, 2.05) is 6.07 Å². The first-order valence-corrected chi connectivity index (χ1v) is 9.20. The van der Waals surface area contributed by atoms with Gasteiger partial charge in [-0.05, 0) is 56.8 Å². The fraction of sp³-hybridized carbons (Fsp3) is 0.625. The molecule has 0 heterocycles. The van der Waals surface area contributed by atoms with Gasteiger partial charge in [-0.3, -0.25) is 0 Å². The summed E-state index contributed by atoms with van der Waals surface area (Å²) in [7, 11) is -3.04. The van der Waals surface area contributed by atoms with Crippen LogP contribution in [0.2, 0.25) is 0 Å². The smallest absolute Gasteiger partial charge is 0.151 e. The fourth-order valence-corrected chi connectivity index (χ4v) is 3.21. The zero-order valence-electron chi connectivity index (χ0n) is 13.2. The summed E-state index contributed by atoms with van der Waals surface area (Å²) in [5.41, 5.74) is 3.72. The lowest BCUT2D eigenvalue weighted by atomic mass is 9.95. The van der Waals surface area contributed by atoms with Gasteiger partial charge in [-0.1, -0.05) is 25.1 Å². The van der Waals surface area contributed by atoms with Gasteiger partial charge in [0, 0.05) is 12.3 Å². The van der Waals surface area contributed by atoms with Crippen LogP contribution in [0.1, 0.15) is 37.0 Å². The van der Waals surface area contributed by atoms with Crippen LogP contribution in [0.15, 0.2) is 18.2 Å². The monoisotopic (exact) mass is 297 g/mol. The number of hydrogen-bond donors (Lipinski definition) is 1. The molecule has 0 radical (unpaired) electrons. The van der Waals surface area contributed by atoms with Crippen molar-refractivity contribution in [1.82, 2.24) is 5.32 Å². The van der Waals surface area contributed by atoms with Crippen LogP contribution in [0.5, 0.6) is 0 Å². The second-order valence-electron chi connectivity index (χ2n) is 5.67. The van der Waals surface area contributed by atoms with Crippen LogP contribution in [0, 0.1) is 13.8 Å². The predicted molar refractivity (Wildman–Crippen MR) is 86.0 cm³/mol. The predicted octanol–water partition coefficient (Wildman–Crippen LogP) is 2.65. The third kappa shape index (κ3) is 4.60. The van der Waals surface area contributed by atoms with Crippen LogP contribution in [-0.4, -0.2) is 32.5 Å². The molecule has 2 unspecified atom stereocenters. The zero-order valence-corrected chi connectivity index (χ0v) is 14.0. The summed E-state index contributed by atoms with van der Waals surface area (Å²) >= 11 is 0. The maximum absolute atomic E-state index is 11.9. The molecule has 4 heteroatoms. The molecule has 0 aliphatic carbocycles. The topological polar surface area (TPSA) is 46.2 Å². The Hall–Kier alpha value is -0.870. The molecular formula is C16H27NO2S. The molecule has 1 rings (SSSR count). The van der Waals surface area contributed by atoms with Crippen LogP contribution < -0.4 is 5.32 Å². The van der Waals surface area contributed by atoms with E-state index >= 15 is 0 Å². The molecule has 0 aliphatic rings. The van der Waals surface area contributed by atoms with E-state index in [0.29, 0.717) is 0 Å². The van der Waals surface area contributed by atoms with E-state index in [4.69, 9.17) is 0 Å². The van der Waals surface area contributed by atoms with Crippen molar-refractivity contribution in [3.63, 3.8) is 0 Å². The second kappa shape index (κ2) is 7.23. The molecule has 0 amide bonds. The lowest BCUT2D eigenvalue weighted by Crippen LogP contribution is -2.44. The lowest BCUT2D eigenvalue weighted by Gasteiger charge is -2.25. The Kier molecular flexibility index (Phi) is 6.21. The molecule has 0 aliphatic heterocycles. The van der Waals surface area contributed by atoms with Crippen LogP contribution in [0.25, 0.3) is 0 Å². The fourth-order valence-electron chi connectivity index (χ4n) is 2.42. The molecule has 114 valence electrons. The number of benzene rings is 1. The van der Waals surface area contributed by atoms with Crippen LogP contribution >= 0.6 is 0 Å². The van der Waals surface area contributed by atoms with Crippen molar-refractivity contribution >= 4 is 9.84 Å². The maximum Gasteiger partial charge on any atom is 0.151 e. The largest absolute Gasteiger partial charge is 0.312 e. The average molecular weight is 297 g/mol. The first-order valence-electron chi connectivity index (χ1n) is 7.24. The molecular weight excluding hydrogens is 270 g/mol. The highest BCUT2D eigenvalue weighted by Crippen LogP contribution is 2.18. The standard InChI is InChI=1S/C16H27NO2S/c1-6-10-17-16(14(4)20(5,18)19)11-15-12(2)8-7-9-13(15)3/h7-9,14,16-17H,6,10-11H2,1-5H3. The molecule has 1 aromatic rings. The molecule has 0 fully saturated rings. The van der Waals surface area contributed by atoms with Gasteiger partial charge in [-0.25, -0.2) is 8.42 Å². The Labute approximate surface area is 123 Å². The Morgan fingerprint density at radius 3 is 2.20 bits per heavy atom. The van der Waals surface area contributed by atoms with Gasteiger partial charge in [0.2, 0.25) is 0 Å². The van der Waals surface area contributed by atoms with Crippen molar-refractivity contribution in [3.8, 4) is 0 Å². The Balaban J connectivity index is 3.01. The maximum atomic E-state index is 11.9. The van der Waals surface area contributed by atoms with Crippen molar-refractivity contribution in [2.24, 2.45) is 0 Å². The van der Waals surface area contributed by atoms with E-state index in [2.05, 4.69) is 38.2 Å². The lowest BCUT2D eigenvalue weighted by molar-refractivity contribution is 0.481. The highest BCUT2D eigenvalue weighted by Gasteiger charge is 2.26. The first-order chi connectivity index (χ1) is 9.27. The van der Waals surface area contributed by atoms with E-state index in [-0.39, 0.29) is 11.3 Å². The average Bonchev–Trinajstić information content (AvgIpc) is 2.35. The molecule has 0 saturated heterocycles. The number of nitrogens with one attached hydrogen (secondary N) is 1. The third-order valence-corrected chi connectivity index (χ3v) is 5.65. The molecule has 0 saturated carbocycles. The SMILES string of the molecule is CCCNC(Cc1c(C)cccc1C)C(C)S(C)(=O)=O. The van der Waals surface area contributed by atoms with Gasteiger partial charge in [-0.2, -0.15) is 0 Å². The van der Waals surface area contributed by atoms with Crippen molar-refractivity contribution < 1.29 is 8.42 Å². The minimum atomic E-state index is -3.04. The van der Waals surface area contributed by atoms with Gasteiger partial charge in [0.1, 0.15) is 0 Å². The van der Waals surface area contributed by atoms with E-state index in [0.717, 1.165) is 19.4 Å². The Morgan fingerprint density at radius 2 is 1.75 bits per heavy atom. The van der Waals surface area contributed by atoms with Crippen molar-refractivity contribution in [3.05, 3.63) is 34.9 Å². The molecule has 3 nitrogen and oxygen atoms in total. The molecule has 0 aromatic heterocycles. The van der Waals surface area contributed by atoms with Crippen LogP contribution in [-0.2, 0) is 16.3 Å². The molecule has 1 aromatic carbocycles. The highest BCUT2D eigenvalue weighted by atomic mass is 32.2. The normalized spacial score (nSPS) is 15.1. The summed E-state index contributed by atoms with van der Waals surface area (Å²) in [4.78, 5) is 0. The van der Waals surface area contributed by atoms with Gasteiger partial charge in [0.05, 0.1) is 5.25 Å². The summed E-state index contributed by atoms with van der Waals surface area (Å²) in [6, 6.07) is 6.18. The van der Waals surface area contributed by atoms with Crippen molar-refractivity contribution in [2.75, 3.05) is 12.8 Å². The number of aryl methyl sites for hydroxylation is 2. The van der Waals surface area contributed by atoms with E-state index in [9.17, 15) is 8.42 Å². The summed E-state index contributed by atoms with van der Waals surface area (Å²) in [6.07, 6.45) is 3.08. The molecule has 1 N–H and O–H groups in total. The number of sulfone groups is 1. The van der Waals surface area contributed by atoms with Crippen LogP contribution in [0.4, 0.5) is 0 Å². The van der Waals surface area contributed by atoms with Crippen molar-refractivity contribution in [1.29, 1.82) is 0 Å². The van der Waals surface area contributed by atoms with Gasteiger partial charge in [0.15, 0.2) is 9.84 Å². The Bertz CT molecular complexity index is 517. The summed E-state index contributed by atoms with van der Waals surface area (Å²) in [5, 5.41) is 3.02.